The second-order valence-electron chi connectivity index (χ2n) is 4.77. The van der Waals surface area contributed by atoms with Crippen LogP contribution in [0.4, 0.5) is 0 Å². The van der Waals surface area contributed by atoms with Crippen LogP contribution in [0.1, 0.15) is 12.8 Å². The molecule has 3 rings (SSSR count). The summed E-state index contributed by atoms with van der Waals surface area (Å²) in [7, 11) is 2.09. The molecule has 2 aliphatic heterocycles. The van der Waals surface area contributed by atoms with E-state index in [4.69, 9.17) is 0 Å². The molecule has 1 saturated carbocycles. The first-order valence-electron chi connectivity index (χ1n) is 5.47. The number of hydrogen-bond acceptors (Lipinski definition) is 3. The third-order valence-corrected chi connectivity index (χ3v) is 3.95. The number of nitrogens with zero attached hydrogens (tertiary/aromatic N) is 2. The lowest BCUT2D eigenvalue weighted by Gasteiger charge is -2.47. The second kappa shape index (κ2) is 2.70. The zero-order valence-electron chi connectivity index (χ0n) is 8.62. The molecule has 1 spiro atoms. The van der Waals surface area contributed by atoms with Crippen molar-refractivity contribution in [3.8, 4) is 0 Å². The van der Waals surface area contributed by atoms with Crippen LogP contribution in [-0.2, 0) is 4.79 Å². The lowest BCUT2D eigenvalue weighted by Crippen LogP contribution is -2.67. The van der Waals surface area contributed by atoms with E-state index in [1.165, 1.54) is 0 Å². The molecule has 4 nitrogen and oxygen atoms in total. The van der Waals surface area contributed by atoms with Crippen molar-refractivity contribution in [1.29, 1.82) is 0 Å². The molecule has 4 heteroatoms. The minimum absolute atomic E-state index is 0.0756. The van der Waals surface area contributed by atoms with Crippen LogP contribution in [0.3, 0.4) is 0 Å². The summed E-state index contributed by atoms with van der Waals surface area (Å²) in [4.78, 5) is 16.6. The fraction of sp³-hybridized carbons (Fsp3) is 0.900. The predicted molar refractivity (Wildman–Crippen MR) is 53.0 cm³/mol. The highest BCUT2D eigenvalue weighted by Crippen LogP contribution is 2.45. The molecule has 1 amide bonds. The molecular formula is C10H17N3O. The summed E-state index contributed by atoms with van der Waals surface area (Å²) in [5.41, 5.74) is -0.0756. The molecule has 0 bridgehead atoms. The van der Waals surface area contributed by atoms with E-state index in [0.29, 0.717) is 11.9 Å². The molecule has 1 atom stereocenters. The van der Waals surface area contributed by atoms with E-state index in [2.05, 4.69) is 22.2 Å². The van der Waals surface area contributed by atoms with Gasteiger partial charge in [-0.1, -0.05) is 0 Å². The van der Waals surface area contributed by atoms with Crippen molar-refractivity contribution in [1.82, 2.24) is 15.1 Å². The Morgan fingerprint density at radius 2 is 2.29 bits per heavy atom. The molecule has 1 aliphatic carbocycles. The van der Waals surface area contributed by atoms with Gasteiger partial charge in [0.1, 0.15) is 5.54 Å². The minimum Gasteiger partial charge on any atom is -0.334 e. The van der Waals surface area contributed by atoms with Crippen LogP contribution in [0.15, 0.2) is 0 Å². The van der Waals surface area contributed by atoms with Gasteiger partial charge in [-0.05, 0) is 19.9 Å². The molecular weight excluding hydrogens is 178 g/mol. The van der Waals surface area contributed by atoms with Crippen molar-refractivity contribution in [2.24, 2.45) is 0 Å². The van der Waals surface area contributed by atoms with E-state index in [-0.39, 0.29) is 5.54 Å². The Morgan fingerprint density at radius 1 is 1.50 bits per heavy atom. The molecule has 0 radical (unpaired) electrons. The number of hydrogen-bond donors (Lipinski definition) is 1. The third-order valence-electron chi connectivity index (χ3n) is 3.95. The Labute approximate surface area is 84.2 Å². The van der Waals surface area contributed by atoms with Crippen LogP contribution < -0.4 is 5.32 Å². The molecule has 1 unspecified atom stereocenters. The smallest absolute Gasteiger partial charge is 0.243 e. The van der Waals surface area contributed by atoms with E-state index in [0.717, 1.165) is 39.0 Å². The molecule has 3 aliphatic rings. The normalized spacial score (nSPS) is 35.9. The van der Waals surface area contributed by atoms with Crippen molar-refractivity contribution in [3.05, 3.63) is 0 Å². The predicted octanol–water partition coefficient (Wildman–Crippen LogP) is -0.735. The number of piperazine rings is 2. The molecule has 78 valence electrons. The number of rotatable bonds is 0. The summed E-state index contributed by atoms with van der Waals surface area (Å²) in [5.74, 6) is 0.387. The summed E-state index contributed by atoms with van der Waals surface area (Å²) in [5, 5.41) is 3.35. The first kappa shape index (κ1) is 8.68. The first-order valence-corrected chi connectivity index (χ1v) is 5.47. The van der Waals surface area contributed by atoms with Crippen molar-refractivity contribution in [2.75, 3.05) is 33.2 Å². The Kier molecular flexibility index (Phi) is 1.67. The number of carbonyl (C=O) groups is 1. The Balaban J connectivity index is 1.87. The van der Waals surface area contributed by atoms with E-state index < -0.39 is 0 Å². The van der Waals surface area contributed by atoms with Crippen molar-refractivity contribution in [2.45, 2.75) is 24.4 Å². The quantitative estimate of drug-likeness (QED) is 0.553. The maximum Gasteiger partial charge on any atom is 0.243 e. The van der Waals surface area contributed by atoms with Crippen molar-refractivity contribution < 1.29 is 4.79 Å². The summed E-state index contributed by atoms with van der Waals surface area (Å²) >= 11 is 0. The molecule has 0 aromatic heterocycles. The van der Waals surface area contributed by atoms with Crippen molar-refractivity contribution in [3.63, 3.8) is 0 Å². The van der Waals surface area contributed by atoms with Gasteiger partial charge in [0.25, 0.3) is 0 Å². The van der Waals surface area contributed by atoms with E-state index >= 15 is 0 Å². The lowest BCUT2D eigenvalue weighted by molar-refractivity contribution is -0.148. The minimum atomic E-state index is -0.0756. The fourth-order valence-electron chi connectivity index (χ4n) is 2.83. The van der Waals surface area contributed by atoms with Gasteiger partial charge in [0, 0.05) is 26.2 Å². The number of amides is 1. The summed E-state index contributed by atoms with van der Waals surface area (Å²) < 4.78 is 0. The summed E-state index contributed by atoms with van der Waals surface area (Å²) in [6, 6.07) is 0.410. The molecule has 2 saturated heterocycles. The molecule has 0 aromatic carbocycles. The van der Waals surface area contributed by atoms with Crippen LogP contribution >= 0.6 is 0 Å². The maximum absolute atomic E-state index is 12.2. The van der Waals surface area contributed by atoms with Gasteiger partial charge in [0.05, 0.1) is 6.04 Å². The van der Waals surface area contributed by atoms with Gasteiger partial charge < -0.3 is 10.2 Å². The standard InChI is InChI=1S/C10H17N3O/c1-12-7-8-6-11-4-5-13(8)9(14)10(12)2-3-10/h8,11H,2-7H2,1H3. The largest absolute Gasteiger partial charge is 0.334 e. The first-order chi connectivity index (χ1) is 6.74. The topological polar surface area (TPSA) is 35.6 Å². The van der Waals surface area contributed by atoms with Gasteiger partial charge in [-0.3, -0.25) is 9.69 Å². The van der Waals surface area contributed by atoms with Gasteiger partial charge in [0.2, 0.25) is 5.91 Å². The van der Waals surface area contributed by atoms with Crippen LogP contribution in [-0.4, -0.2) is 60.5 Å². The zero-order valence-corrected chi connectivity index (χ0v) is 8.62. The van der Waals surface area contributed by atoms with E-state index in [1.54, 1.807) is 0 Å². The van der Waals surface area contributed by atoms with Gasteiger partial charge >= 0.3 is 0 Å². The number of nitrogens with one attached hydrogen (secondary N) is 1. The fourth-order valence-corrected chi connectivity index (χ4v) is 2.83. The molecule has 3 fully saturated rings. The summed E-state index contributed by atoms with van der Waals surface area (Å²) in [6.07, 6.45) is 2.14. The van der Waals surface area contributed by atoms with Crippen LogP contribution in [0, 0.1) is 0 Å². The average Bonchev–Trinajstić information content (AvgIpc) is 2.97. The Morgan fingerprint density at radius 3 is 3.00 bits per heavy atom. The van der Waals surface area contributed by atoms with E-state index in [9.17, 15) is 4.79 Å². The Hall–Kier alpha value is -0.610. The maximum atomic E-state index is 12.2. The van der Waals surface area contributed by atoms with Crippen LogP contribution in [0.2, 0.25) is 0 Å². The van der Waals surface area contributed by atoms with Gasteiger partial charge in [-0.2, -0.15) is 0 Å². The second-order valence-corrected chi connectivity index (χ2v) is 4.77. The monoisotopic (exact) mass is 195 g/mol. The van der Waals surface area contributed by atoms with Gasteiger partial charge in [-0.15, -0.1) is 0 Å². The molecule has 2 heterocycles. The Bertz CT molecular complexity index is 275. The zero-order chi connectivity index (χ0) is 9.76. The molecule has 1 N–H and O–H groups in total. The highest BCUT2D eigenvalue weighted by Gasteiger charge is 2.58. The lowest BCUT2D eigenvalue weighted by atomic mass is 10.0. The average molecular weight is 195 g/mol. The van der Waals surface area contributed by atoms with Crippen LogP contribution in [0.5, 0.6) is 0 Å². The molecule has 14 heavy (non-hydrogen) atoms. The molecule has 0 aromatic rings. The highest BCUT2D eigenvalue weighted by molar-refractivity contribution is 5.90. The van der Waals surface area contributed by atoms with Crippen molar-refractivity contribution >= 4 is 5.91 Å². The highest BCUT2D eigenvalue weighted by atomic mass is 16.2. The van der Waals surface area contributed by atoms with Gasteiger partial charge in [0.15, 0.2) is 0 Å². The third kappa shape index (κ3) is 0.982. The number of fused-ring (bicyclic) bond motifs is 1. The number of likely N-dealkylation sites (N-methyl/N-ethyl adjacent to an activating group) is 1. The van der Waals surface area contributed by atoms with E-state index in [1.807, 2.05) is 0 Å². The SMILES string of the molecule is CN1CC2CNCCN2C(=O)C12CC2. The van der Waals surface area contributed by atoms with Gasteiger partial charge in [-0.25, -0.2) is 0 Å². The van der Waals surface area contributed by atoms with Crippen LogP contribution in [0.25, 0.3) is 0 Å². The summed E-state index contributed by atoms with van der Waals surface area (Å²) in [6.45, 7) is 3.87. The number of carbonyl (C=O) groups excluding carboxylic acids is 1.